The maximum Gasteiger partial charge on any atom is 0.411 e. The normalized spacial score (nSPS) is 25.9. The maximum atomic E-state index is 13.8. The number of fused-ring (bicyclic) bond motifs is 3. The first-order valence-corrected chi connectivity index (χ1v) is 11.3. The average molecular weight is 453 g/mol. The van der Waals surface area contributed by atoms with E-state index in [1.54, 1.807) is 21.7 Å². The van der Waals surface area contributed by atoms with Crippen LogP contribution in [0, 0.1) is 0 Å². The lowest BCUT2D eigenvalue weighted by Crippen LogP contribution is -2.77. The van der Waals surface area contributed by atoms with Gasteiger partial charge in [0.1, 0.15) is 24.7 Å². The fourth-order valence-corrected chi connectivity index (χ4v) is 5.67. The summed E-state index contributed by atoms with van der Waals surface area (Å²) in [6.45, 7) is 0.0896. The number of amides is 3. The van der Waals surface area contributed by atoms with E-state index >= 15 is 0 Å². The van der Waals surface area contributed by atoms with Crippen LogP contribution in [0.25, 0.3) is 0 Å². The van der Waals surface area contributed by atoms with E-state index in [1.165, 1.54) is 0 Å². The smallest absolute Gasteiger partial charge is 0.411 e. The number of ether oxygens (including phenoxy) is 1. The van der Waals surface area contributed by atoms with Gasteiger partial charge in [-0.25, -0.2) is 4.79 Å². The fourth-order valence-electron chi connectivity index (χ4n) is 5.67. The van der Waals surface area contributed by atoms with Crippen LogP contribution < -0.4 is 4.90 Å². The first-order chi connectivity index (χ1) is 16.5. The lowest BCUT2D eigenvalue weighted by Gasteiger charge is -2.59. The van der Waals surface area contributed by atoms with Gasteiger partial charge in [-0.1, -0.05) is 78.9 Å². The van der Waals surface area contributed by atoms with E-state index in [0.717, 1.165) is 22.4 Å². The van der Waals surface area contributed by atoms with Crippen molar-refractivity contribution in [1.29, 1.82) is 0 Å². The molecule has 0 aromatic heterocycles. The van der Waals surface area contributed by atoms with Gasteiger partial charge in [-0.2, -0.15) is 0 Å². The van der Waals surface area contributed by atoms with Crippen LogP contribution >= 0.6 is 0 Å². The Morgan fingerprint density at radius 3 is 2.24 bits per heavy atom. The van der Waals surface area contributed by atoms with E-state index < -0.39 is 23.7 Å². The van der Waals surface area contributed by atoms with Gasteiger partial charge < -0.3 is 14.5 Å². The summed E-state index contributed by atoms with van der Waals surface area (Å²) in [7, 11) is 1.72. The zero-order chi connectivity index (χ0) is 23.4. The average Bonchev–Trinajstić information content (AvgIpc) is 3.22. The van der Waals surface area contributed by atoms with Gasteiger partial charge >= 0.3 is 6.09 Å². The molecule has 3 aliphatic heterocycles. The highest BCUT2D eigenvalue weighted by Crippen LogP contribution is 2.55. The molecule has 3 aromatic carbocycles. The fraction of sp³-hybridized carbons (Fsp3) is 0.222. The quantitative estimate of drug-likeness (QED) is 0.571. The van der Waals surface area contributed by atoms with Crippen molar-refractivity contribution in [1.82, 2.24) is 9.80 Å². The minimum Gasteiger partial charge on any atom is -0.447 e. The molecule has 0 saturated carbocycles. The van der Waals surface area contributed by atoms with E-state index in [2.05, 4.69) is 0 Å². The first-order valence-electron chi connectivity index (χ1n) is 11.3. The van der Waals surface area contributed by atoms with Crippen LogP contribution in [0.4, 0.5) is 10.5 Å². The summed E-state index contributed by atoms with van der Waals surface area (Å²) in [5.74, 6) is -0.442. The van der Waals surface area contributed by atoms with Gasteiger partial charge in [0, 0.05) is 18.3 Å². The van der Waals surface area contributed by atoms with Crippen molar-refractivity contribution in [3.8, 4) is 0 Å². The zero-order valence-electron chi connectivity index (χ0n) is 18.6. The third-order valence-corrected chi connectivity index (χ3v) is 7.25. The third-order valence-electron chi connectivity index (χ3n) is 7.25. The molecule has 3 aromatic rings. The number of hydrogen-bond acceptors (Lipinski definition) is 4. The van der Waals surface area contributed by atoms with Crippen LogP contribution in [0.1, 0.15) is 22.7 Å². The monoisotopic (exact) mass is 453 g/mol. The molecule has 0 unspecified atom stereocenters. The Morgan fingerprint density at radius 1 is 0.853 bits per heavy atom. The number of likely N-dealkylation sites (N-methyl/N-ethyl adjacent to an activating group) is 1. The molecule has 3 atom stereocenters. The summed E-state index contributed by atoms with van der Waals surface area (Å²) in [5.41, 5.74) is 2.26. The molecule has 7 heteroatoms. The molecule has 170 valence electrons. The number of nitrogens with zero attached hydrogens (tertiary/aromatic N) is 3. The first kappa shape index (κ1) is 20.5. The molecular weight excluding hydrogens is 430 g/mol. The van der Waals surface area contributed by atoms with Gasteiger partial charge in [0.05, 0.1) is 6.04 Å². The molecule has 0 N–H and O–H groups in total. The highest BCUT2D eigenvalue weighted by atomic mass is 16.6. The van der Waals surface area contributed by atoms with Crippen molar-refractivity contribution >= 4 is 23.6 Å². The van der Waals surface area contributed by atoms with E-state index in [0.29, 0.717) is 0 Å². The predicted octanol–water partition coefficient (Wildman–Crippen LogP) is 3.31. The lowest BCUT2D eigenvalue weighted by molar-refractivity contribution is -0.170. The SMILES string of the molecule is CN1C(=O)CN2C(=O)[C@@H](N3C(=O)OC[C@@H]3c3ccccc3)[C@]2(c2ccccc2)c2ccccc21. The van der Waals surface area contributed by atoms with Gasteiger partial charge in [-0.05, 0) is 17.2 Å². The van der Waals surface area contributed by atoms with Crippen LogP contribution in [0.3, 0.4) is 0 Å². The van der Waals surface area contributed by atoms with Crippen LogP contribution in [-0.2, 0) is 19.9 Å². The summed E-state index contributed by atoms with van der Waals surface area (Å²) in [6, 6.07) is 25.6. The largest absolute Gasteiger partial charge is 0.447 e. The highest BCUT2D eigenvalue weighted by Gasteiger charge is 2.69. The Hall–Kier alpha value is -4.13. The number of carbonyl (C=O) groups is 3. The Labute approximate surface area is 197 Å². The molecule has 7 nitrogen and oxygen atoms in total. The van der Waals surface area contributed by atoms with E-state index in [1.807, 2.05) is 84.9 Å². The minimum absolute atomic E-state index is 0.0751. The Bertz CT molecular complexity index is 1300. The Morgan fingerprint density at radius 2 is 1.50 bits per heavy atom. The van der Waals surface area contributed by atoms with Crippen LogP contribution in [0.15, 0.2) is 84.9 Å². The number of cyclic esters (lactones) is 1. The van der Waals surface area contributed by atoms with Crippen LogP contribution in [-0.4, -0.2) is 53.9 Å². The minimum atomic E-state index is -1.02. The summed E-state index contributed by atoms with van der Waals surface area (Å²) < 4.78 is 5.50. The summed E-state index contributed by atoms with van der Waals surface area (Å²) in [5, 5.41) is 0. The second-order valence-corrected chi connectivity index (χ2v) is 8.84. The molecule has 6 rings (SSSR count). The number of hydrogen-bond donors (Lipinski definition) is 0. The van der Waals surface area contributed by atoms with Crippen molar-refractivity contribution in [2.24, 2.45) is 0 Å². The topological polar surface area (TPSA) is 70.2 Å². The van der Waals surface area contributed by atoms with E-state index in [-0.39, 0.29) is 25.0 Å². The second-order valence-electron chi connectivity index (χ2n) is 8.84. The molecule has 34 heavy (non-hydrogen) atoms. The lowest BCUT2D eigenvalue weighted by atomic mass is 9.67. The molecule has 3 heterocycles. The Kier molecular flexibility index (Phi) is 4.49. The van der Waals surface area contributed by atoms with Gasteiger partial charge in [-0.15, -0.1) is 0 Å². The standard InChI is InChI=1S/C27H23N3O4/c1-28-21-15-9-8-14-20(21)27(19-12-6-3-7-13-19)24(25(32)29(27)16-23(28)31)30-22(17-34-26(30)33)18-10-4-2-5-11-18/h2-15,22,24H,16-17H2,1H3/t22-,24-,27+/m1/s1. The molecular formula is C27H23N3O4. The molecule has 2 fully saturated rings. The number of rotatable bonds is 3. The van der Waals surface area contributed by atoms with Gasteiger partial charge in [0.2, 0.25) is 11.8 Å². The van der Waals surface area contributed by atoms with E-state index in [4.69, 9.17) is 4.74 Å². The molecule has 0 radical (unpaired) electrons. The van der Waals surface area contributed by atoms with Crippen LogP contribution in [0.2, 0.25) is 0 Å². The summed E-state index contributed by atoms with van der Waals surface area (Å²) in [4.78, 5) is 44.9. The van der Waals surface area contributed by atoms with Crippen molar-refractivity contribution in [3.63, 3.8) is 0 Å². The number of para-hydroxylation sites is 1. The summed E-state index contributed by atoms with van der Waals surface area (Å²) in [6.07, 6.45) is -0.524. The van der Waals surface area contributed by atoms with Crippen molar-refractivity contribution in [3.05, 3.63) is 102 Å². The molecule has 2 saturated heterocycles. The third kappa shape index (κ3) is 2.61. The Balaban J connectivity index is 1.61. The van der Waals surface area contributed by atoms with Gasteiger partial charge in [-0.3, -0.25) is 14.5 Å². The second kappa shape index (κ2) is 7.45. The van der Waals surface area contributed by atoms with Gasteiger partial charge in [0.25, 0.3) is 0 Å². The molecule has 3 aliphatic rings. The number of anilines is 1. The van der Waals surface area contributed by atoms with Crippen molar-refractivity contribution < 1.29 is 19.1 Å². The van der Waals surface area contributed by atoms with Crippen molar-refractivity contribution in [2.75, 3.05) is 25.1 Å². The van der Waals surface area contributed by atoms with Crippen molar-refractivity contribution in [2.45, 2.75) is 17.6 Å². The molecule has 0 bridgehead atoms. The van der Waals surface area contributed by atoms with E-state index in [9.17, 15) is 14.4 Å². The highest BCUT2D eigenvalue weighted by molar-refractivity contribution is 6.05. The molecule has 0 aliphatic carbocycles. The molecule has 3 amide bonds. The summed E-state index contributed by atoms with van der Waals surface area (Å²) >= 11 is 0. The zero-order valence-corrected chi connectivity index (χ0v) is 18.6. The number of carbonyl (C=O) groups excluding carboxylic acids is 3. The number of β-lactam (4-membered cyclic amide) rings is 1. The number of benzene rings is 3. The maximum absolute atomic E-state index is 13.8. The predicted molar refractivity (Wildman–Crippen MR) is 125 cm³/mol. The van der Waals surface area contributed by atoms with Gasteiger partial charge in [0.15, 0.2) is 0 Å². The molecule has 0 spiro atoms. The van der Waals surface area contributed by atoms with Crippen LogP contribution in [0.5, 0.6) is 0 Å².